The number of hydroxylamine groups is 2. The fraction of sp³-hybridized carbons (Fsp3) is 1.00. The quantitative estimate of drug-likeness (QED) is 0.526. The molecule has 0 aliphatic carbocycles. The van der Waals surface area contributed by atoms with Gasteiger partial charge in [0.1, 0.15) is 7.85 Å². The van der Waals surface area contributed by atoms with Crippen LogP contribution in [0.3, 0.4) is 0 Å². The largest absolute Gasteiger partial charge is 0.424 e. The summed E-state index contributed by atoms with van der Waals surface area (Å²) >= 11 is 0. The lowest BCUT2D eigenvalue weighted by molar-refractivity contribution is -0.167. The molecule has 0 bridgehead atoms. The van der Waals surface area contributed by atoms with Crippen LogP contribution in [-0.2, 0) is 18.5 Å². The van der Waals surface area contributed by atoms with Gasteiger partial charge in [-0.2, -0.15) is 5.06 Å². The van der Waals surface area contributed by atoms with E-state index in [9.17, 15) is 4.57 Å². The Balaban J connectivity index is 2.64. The Labute approximate surface area is 104 Å². The molecule has 3 unspecified atom stereocenters. The maximum Gasteiger partial charge on any atom is 0.424 e. The van der Waals surface area contributed by atoms with E-state index in [1.807, 2.05) is 7.85 Å². The molecule has 100 valence electrons. The highest BCUT2D eigenvalue weighted by atomic mass is 31.2. The number of morpholine rings is 1. The Bertz CT molecular complexity index is 292. The Kier molecular flexibility index (Phi) is 5.63. The molecular weight excluding hydrogens is 242 g/mol. The Morgan fingerprint density at radius 1 is 1.53 bits per heavy atom. The van der Waals surface area contributed by atoms with Gasteiger partial charge in [0.25, 0.3) is 0 Å². The molecule has 0 aromatic heterocycles. The molecular formula is C9H22BN2O4P. The van der Waals surface area contributed by atoms with Gasteiger partial charge in [-0.1, -0.05) is 6.92 Å². The van der Waals surface area contributed by atoms with E-state index in [2.05, 4.69) is 6.92 Å². The van der Waals surface area contributed by atoms with Crippen molar-refractivity contribution in [2.45, 2.75) is 25.5 Å². The summed E-state index contributed by atoms with van der Waals surface area (Å²) in [5.74, 6) is 0. The van der Waals surface area contributed by atoms with Crippen LogP contribution in [0.4, 0.5) is 0 Å². The summed E-state index contributed by atoms with van der Waals surface area (Å²) in [6.07, 6.45) is 1.02. The minimum absolute atomic E-state index is 0.0705. The Hall–Kier alpha value is 0.0949. The third kappa shape index (κ3) is 4.05. The molecule has 0 saturated carbocycles. The Morgan fingerprint density at radius 3 is 2.65 bits per heavy atom. The highest BCUT2D eigenvalue weighted by molar-refractivity contribution is 7.51. The molecule has 0 aromatic carbocycles. The van der Waals surface area contributed by atoms with Crippen molar-refractivity contribution < 1.29 is 18.5 Å². The van der Waals surface area contributed by atoms with E-state index in [1.54, 1.807) is 19.2 Å². The van der Waals surface area contributed by atoms with Crippen molar-refractivity contribution in [3.63, 3.8) is 0 Å². The van der Waals surface area contributed by atoms with Gasteiger partial charge >= 0.3 is 7.75 Å². The van der Waals surface area contributed by atoms with Crippen molar-refractivity contribution in [1.82, 2.24) is 9.73 Å². The molecule has 0 N–H and O–H groups in total. The lowest BCUT2D eigenvalue weighted by Crippen LogP contribution is -2.47. The molecule has 8 heteroatoms. The first-order chi connectivity index (χ1) is 7.91. The van der Waals surface area contributed by atoms with Crippen molar-refractivity contribution in [1.29, 1.82) is 0 Å². The van der Waals surface area contributed by atoms with Crippen molar-refractivity contribution in [3.8, 4) is 0 Å². The van der Waals surface area contributed by atoms with Gasteiger partial charge in [-0.3, -0.25) is 4.52 Å². The fourth-order valence-corrected chi connectivity index (χ4v) is 2.68. The van der Waals surface area contributed by atoms with Crippen molar-refractivity contribution >= 4 is 15.6 Å². The zero-order valence-corrected chi connectivity index (χ0v) is 12.1. The van der Waals surface area contributed by atoms with Crippen molar-refractivity contribution in [3.05, 3.63) is 0 Å². The zero-order chi connectivity index (χ0) is 13.1. The van der Waals surface area contributed by atoms with Crippen LogP contribution in [0.5, 0.6) is 0 Å². The highest BCUT2D eigenvalue weighted by Crippen LogP contribution is 2.50. The second kappa shape index (κ2) is 6.32. The third-order valence-electron chi connectivity index (χ3n) is 2.69. The first-order valence-corrected chi connectivity index (χ1v) is 7.34. The monoisotopic (exact) mass is 264 g/mol. The van der Waals surface area contributed by atoms with Crippen LogP contribution in [0.2, 0.25) is 0 Å². The van der Waals surface area contributed by atoms with Crippen LogP contribution in [0, 0.1) is 0 Å². The summed E-state index contributed by atoms with van der Waals surface area (Å²) in [5, 5.41) is 1.69. The summed E-state index contributed by atoms with van der Waals surface area (Å²) < 4.78 is 29.9. The average Bonchev–Trinajstić information content (AvgIpc) is 2.27. The van der Waals surface area contributed by atoms with E-state index in [-0.39, 0.29) is 12.1 Å². The van der Waals surface area contributed by atoms with E-state index < -0.39 is 7.75 Å². The van der Waals surface area contributed by atoms with Gasteiger partial charge in [0.2, 0.25) is 0 Å². The van der Waals surface area contributed by atoms with Gasteiger partial charge in [0.15, 0.2) is 0 Å². The minimum Gasteiger partial charge on any atom is -0.381 e. The lowest BCUT2D eigenvalue weighted by atomic mass is 9.98. The molecule has 17 heavy (non-hydrogen) atoms. The summed E-state index contributed by atoms with van der Waals surface area (Å²) in [6, 6.07) is 0.0705. The van der Waals surface area contributed by atoms with Crippen LogP contribution >= 0.6 is 7.75 Å². The SMILES string of the molecule is BC1CN(OP(=O)(OC)N(C)C)CC(CC)O1. The Morgan fingerprint density at radius 2 is 2.18 bits per heavy atom. The molecule has 1 rings (SSSR count). The van der Waals surface area contributed by atoms with E-state index in [0.29, 0.717) is 13.1 Å². The number of hydrogen-bond donors (Lipinski definition) is 0. The zero-order valence-electron chi connectivity index (χ0n) is 11.3. The molecule has 1 aliphatic heterocycles. The van der Waals surface area contributed by atoms with Gasteiger partial charge in [-0.25, -0.2) is 13.9 Å². The van der Waals surface area contributed by atoms with Gasteiger partial charge in [0.05, 0.1) is 12.6 Å². The van der Waals surface area contributed by atoms with Crippen molar-refractivity contribution in [2.24, 2.45) is 0 Å². The predicted molar refractivity (Wildman–Crippen MR) is 68.5 cm³/mol. The first kappa shape index (κ1) is 15.2. The summed E-state index contributed by atoms with van der Waals surface area (Å²) in [6.45, 7) is 3.27. The highest BCUT2D eigenvalue weighted by Gasteiger charge is 2.34. The fourth-order valence-electron chi connectivity index (χ4n) is 1.71. The molecule has 1 saturated heterocycles. The van der Waals surface area contributed by atoms with E-state index in [4.69, 9.17) is 13.9 Å². The van der Waals surface area contributed by atoms with E-state index >= 15 is 0 Å². The van der Waals surface area contributed by atoms with Crippen LogP contribution in [0.25, 0.3) is 0 Å². The van der Waals surface area contributed by atoms with Crippen LogP contribution < -0.4 is 0 Å². The molecule has 6 nitrogen and oxygen atoms in total. The molecule has 1 heterocycles. The minimum atomic E-state index is -3.20. The maximum atomic E-state index is 12.3. The molecule has 0 amide bonds. The van der Waals surface area contributed by atoms with Crippen LogP contribution in [0.1, 0.15) is 13.3 Å². The van der Waals surface area contributed by atoms with Crippen LogP contribution in [-0.4, -0.2) is 64.0 Å². The van der Waals surface area contributed by atoms with Gasteiger partial charge < -0.3 is 4.74 Å². The normalized spacial score (nSPS) is 30.4. The van der Waals surface area contributed by atoms with E-state index in [1.165, 1.54) is 11.8 Å². The molecule has 0 radical (unpaired) electrons. The lowest BCUT2D eigenvalue weighted by Gasteiger charge is -2.37. The van der Waals surface area contributed by atoms with Gasteiger partial charge in [0, 0.05) is 19.7 Å². The summed E-state index contributed by atoms with van der Waals surface area (Å²) in [5.41, 5.74) is 0. The molecule has 1 fully saturated rings. The van der Waals surface area contributed by atoms with E-state index in [0.717, 1.165) is 6.42 Å². The first-order valence-electron chi connectivity index (χ1n) is 5.85. The number of ether oxygens (including phenoxy) is 1. The van der Waals surface area contributed by atoms with Crippen molar-refractivity contribution in [2.75, 3.05) is 34.3 Å². The number of nitrogens with zero attached hydrogens (tertiary/aromatic N) is 2. The number of hydrogen-bond acceptors (Lipinski definition) is 5. The standard InChI is InChI=1S/C9H22BN2O4P/c1-5-8-6-12(7-9(10)15-8)16-17(13,14-4)11(2)3/h8-9H,5-7,10H2,1-4H3. The topological polar surface area (TPSA) is 51.2 Å². The number of rotatable bonds is 5. The van der Waals surface area contributed by atoms with Gasteiger partial charge in [-0.05, 0) is 20.5 Å². The second-order valence-electron chi connectivity index (χ2n) is 4.40. The summed E-state index contributed by atoms with van der Waals surface area (Å²) in [7, 11) is 3.51. The third-order valence-corrected chi connectivity index (χ3v) is 4.57. The second-order valence-corrected chi connectivity index (χ2v) is 6.67. The van der Waals surface area contributed by atoms with Gasteiger partial charge in [-0.15, -0.1) is 0 Å². The molecule has 0 spiro atoms. The molecule has 0 aromatic rings. The summed E-state index contributed by atoms with van der Waals surface area (Å²) in [4.78, 5) is 0. The molecule has 1 aliphatic rings. The van der Waals surface area contributed by atoms with Crippen LogP contribution in [0.15, 0.2) is 0 Å². The predicted octanol–water partition coefficient (Wildman–Crippen LogP) is 0.304. The average molecular weight is 264 g/mol. The molecule has 3 atom stereocenters. The maximum absolute atomic E-state index is 12.3. The smallest absolute Gasteiger partial charge is 0.381 e.